The number of carbonyl (C=O) groups excluding carboxylic acids is 2. The third-order valence-electron chi connectivity index (χ3n) is 7.37. The molecule has 0 unspecified atom stereocenters. The largest absolute Gasteiger partial charge is 0.369 e. The molecule has 2 amide bonds. The molecule has 6 rings (SSSR count). The number of likely N-dealkylation sites (N-methyl/N-ethyl adjacent to an activating group) is 1. The number of anilines is 2. The van der Waals surface area contributed by atoms with Gasteiger partial charge in [0.2, 0.25) is 0 Å². The fourth-order valence-corrected chi connectivity index (χ4v) is 5.80. The number of H-pyrrole nitrogens is 1. The number of aromatic amines is 1. The van der Waals surface area contributed by atoms with E-state index in [1.807, 2.05) is 31.2 Å². The molecule has 4 N–H and O–H groups in total. The highest BCUT2D eigenvalue weighted by Gasteiger charge is 2.21. The molecule has 0 spiro atoms. The number of nitrogens with two attached hydrogens (primary N) is 1. The summed E-state index contributed by atoms with van der Waals surface area (Å²) >= 11 is 1.30. The molecule has 0 atom stereocenters. The summed E-state index contributed by atoms with van der Waals surface area (Å²) in [5.41, 5.74) is 12.6. The molecule has 1 aliphatic rings. The average Bonchev–Trinajstić information content (AvgIpc) is 3.58. The van der Waals surface area contributed by atoms with Gasteiger partial charge in [-0.2, -0.15) is 0 Å². The van der Waals surface area contributed by atoms with Gasteiger partial charge in [-0.1, -0.05) is 24.3 Å². The van der Waals surface area contributed by atoms with Crippen molar-refractivity contribution in [1.82, 2.24) is 14.9 Å². The van der Waals surface area contributed by atoms with E-state index in [0.29, 0.717) is 16.3 Å². The Hall–Kier alpha value is -4.21. The third-order valence-corrected chi connectivity index (χ3v) is 8.14. The van der Waals surface area contributed by atoms with Gasteiger partial charge in [0, 0.05) is 65.4 Å². The van der Waals surface area contributed by atoms with Gasteiger partial charge in [-0.25, -0.2) is 4.98 Å². The molecule has 8 nitrogen and oxygen atoms in total. The number of nitrogens with zero attached hydrogens (tertiary/aromatic N) is 3. The average molecular weight is 525 g/mol. The van der Waals surface area contributed by atoms with E-state index in [0.717, 1.165) is 70.4 Å². The van der Waals surface area contributed by atoms with Crippen molar-refractivity contribution in [2.75, 3.05) is 43.4 Å². The Morgan fingerprint density at radius 1 is 1.05 bits per heavy atom. The Bertz CT molecular complexity index is 1680. The maximum Gasteiger partial charge on any atom is 0.284 e. The van der Waals surface area contributed by atoms with Crippen LogP contribution in [0, 0.1) is 6.92 Å². The number of hydrogen-bond donors (Lipinski definition) is 3. The summed E-state index contributed by atoms with van der Waals surface area (Å²) in [6.45, 7) is 5.98. The lowest BCUT2D eigenvalue weighted by atomic mass is 9.93. The van der Waals surface area contributed by atoms with Crippen LogP contribution in [-0.2, 0) is 0 Å². The molecule has 38 heavy (non-hydrogen) atoms. The number of thiazole rings is 1. The molecule has 1 aliphatic heterocycles. The van der Waals surface area contributed by atoms with E-state index in [-0.39, 0.29) is 5.91 Å². The summed E-state index contributed by atoms with van der Waals surface area (Å²) in [5, 5.41) is 7.15. The first-order valence-corrected chi connectivity index (χ1v) is 13.4. The molecule has 2 aromatic heterocycles. The number of carbonyl (C=O) groups is 2. The van der Waals surface area contributed by atoms with Crippen LogP contribution in [0.3, 0.4) is 0 Å². The molecule has 3 aromatic carbocycles. The lowest BCUT2D eigenvalue weighted by Crippen LogP contribution is -2.44. The van der Waals surface area contributed by atoms with Gasteiger partial charge < -0.3 is 25.8 Å². The number of fused-ring (bicyclic) bond motifs is 3. The van der Waals surface area contributed by atoms with E-state index in [4.69, 9.17) is 5.73 Å². The van der Waals surface area contributed by atoms with Gasteiger partial charge in [-0.3, -0.25) is 9.59 Å². The van der Waals surface area contributed by atoms with Crippen LogP contribution >= 0.6 is 11.3 Å². The fraction of sp³-hybridized carbons (Fsp3) is 0.207. The predicted molar refractivity (Wildman–Crippen MR) is 154 cm³/mol. The number of primary amides is 1. The van der Waals surface area contributed by atoms with Crippen LogP contribution in [0.1, 0.15) is 25.7 Å². The van der Waals surface area contributed by atoms with Crippen LogP contribution < -0.4 is 16.0 Å². The van der Waals surface area contributed by atoms with Gasteiger partial charge in [0.1, 0.15) is 0 Å². The number of amides is 2. The van der Waals surface area contributed by atoms with Crippen molar-refractivity contribution in [3.8, 4) is 11.1 Å². The zero-order valence-corrected chi connectivity index (χ0v) is 22.1. The summed E-state index contributed by atoms with van der Waals surface area (Å²) in [4.78, 5) is 37.4. The molecule has 1 saturated heterocycles. The van der Waals surface area contributed by atoms with Crippen LogP contribution in [0.15, 0.2) is 60.1 Å². The molecule has 5 aromatic rings. The van der Waals surface area contributed by atoms with Crippen LogP contribution in [-0.4, -0.2) is 59.9 Å². The monoisotopic (exact) mass is 524 g/mol. The van der Waals surface area contributed by atoms with E-state index < -0.39 is 5.91 Å². The summed E-state index contributed by atoms with van der Waals surface area (Å²) in [6.07, 6.45) is 1.62. The summed E-state index contributed by atoms with van der Waals surface area (Å²) < 4.78 is 0. The Balaban J connectivity index is 1.48. The molecule has 0 bridgehead atoms. The van der Waals surface area contributed by atoms with Crippen molar-refractivity contribution in [3.63, 3.8) is 0 Å². The van der Waals surface area contributed by atoms with Crippen molar-refractivity contribution in [3.05, 3.63) is 76.2 Å². The molecular weight excluding hydrogens is 496 g/mol. The molecule has 192 valence electrons. The SMILES string of the molecule is Cc1c(NC(=O)c2nccs2)cccc1-c1ccc(C(N)=O)c2[nH]c3cc(N4CCN(C)CC4)ccc3c12. The van der Waals surface area contributed by atoms with Gasteiger partial charge in [-0.05, 0) is 54.9 Å². The van der Waals surface area contributed by atoms with Crippen molar-refractivity contribution in [1.29, 1.82) is 0 Å². The highest BCUT2D eigenvalue weighted by molar-refractivity contribution is 7.11. The topological polar surface area (TPSA) is 107 Å². The van der Waals surface area contributed by atoms with Crippen molar-refractivity contribution in [2.24, 2.45) is 5.73 Å². The second kappa shape index (κ2) is 9.59. The molecule has 0 saturated carbocycles. The lowest BCUT2D eigenvalue weighted by Gasteiger charge is -2.34. The molecule has 0 aliphatic carbocycles. The molecule has 1 fully saturated rings. The Kier molecular flexibility index (Phi) is 6.09. The van der Waals surface area contributed by atoms with Crippen LogP contribution in [0.2, 0.25) is 0 Å². The van der Waals surface area contributed by atoms with E-state index in [9.17, 15) is 9.59 Å². The summed E-state index contributed by atoms with van der Waals surface area (Å²) in [7, 11) is 2.15. The number of aromatic nitrogens is 2. The Labute approximate surface area is 224 Å². The molecule has 9 heteroatoms. The van der Waals surface area contributed by atoms with Crippen molar-refractivity contribution in [2.45, 2.75) is 6.92 Å². The smallest absolute Gasteiger partial charge is 0.284 e. The maximum absolute atomic E-state index is 12.7. The standard InChI is InChI=1S/C29H28N6O2S/c1-17-19(4-3-5-23(17)33-28(37)29-31-10-15-38-29)20-8-9-22(27(30)36)26-25(20)21-7-6-18(16-24(21)32-26)35-13-11-34(2)12-14-35/h3-10,15-16,32H,11-14H2,1-2H3,(H2,30,36)(H,33,37). The quantitative estimate of drug-likeness (QED) is 0.305. The second-order valence-electron chi connectivity index (χ2n) is 9.69. The van der Waals surface area contributed by atoms with Gasteiger partial charge in [0.15, 0.2) is 5.01 Å². The zero-order valence-electron chi connectivity index (χ0n) is 21.2. The van der Waals surface area contributed by atoms with Gasteiger partial charge in [-0.15, -0.1) is 11.3 Å². The normalized spacial score (nSPS) is 14.3. The van der Waals surface area contributed by atoms with Crippen molar-refractivity contribution >= 4 is 56.3 Å². The highest BCUT2D eigenvalue weighted by Crippen LogP contribution is 2.40. The molecule has 3 heterocycles. The second-order valence-corrected chi connectivity index (χ2v) is 10.6. The first-order chi connectivity index (χ1) is 18.4. The first kappa shape index (κ1) is 24.1. The molecule has 0 radical (unpaired) electrons. The Morgan fingerprint density at radius 3 is 2.61 bits per heavy atom. The minimum absolute atomic E-state index is 0.238. The minimum Gasteiger partial charge on any atom is -0.369 e. The third kappa shape index (κ3) is 4.19. The van der Waals surface area contributed by atoms with Crippen LogP contribution in [0.4, 0.5) is 11.4 Å². The fourth-order valence-electron chi connectivity index (χ4n) is 5.27. The number of nitrogens with one attached hydrogen (secondary N) is 2. The highest BCUT2D eigenvalue weighted by atomic mass is 32.1. The van der Waals surface area contributed by atoms with E-state index in [2.05, 4.69) is 50.3 Å². The van der Waals surface area contributed by atoms with Crippen LogP contribution in [0.25, 0.3) is 32.9 Å². The first-order valence-electron chi connectivity index (χ1n) is 12.5. The maximum atomic E-state index is 12.7. The number of piperazine rings is 1. The minimum atomic E-state index is -0.478. The van der Waals surface area contributed by atoms with Crippen LogP contribution in [0.5, 0.6) is 0 Å². The zero-order chi connectivity index (χ0) is 26.4. The number of hydrogen-bond acceptors (Lipinski definition) is 6. The van der Waals surface area contributed by atoms with Crippen molar-refractivity contribution < 1.29 is 9.59 Å². The molecular formula is C29H28N6O2S. The van der Waals surface area contributed by atoms with E-state index in [1.165, 1.54) is 11.3 Å². The van der Waals surface area contributed by atoms with E-state index >= 15 is 0 Å². The summed E-state index contributed by atoms with van der Waals surface area (Å²) in [6, 6.07) is 16.0. The lowest BCUT2D eigenvalue weighted by molar-refractivity contribution is 0.0998. The van der Waals surface area contributed by atoms with Gasteiger partial charge >= 0.3 is 0 Å². The Morgan fingerprint density at radius 2 is 1.87 bits per heavy atom. The predicted octanol–water partition coefficient (Wildman–Crippen LogP) is 4.86. The van der Waals surface area contributed by atoms with E-state index in [1.54, 1.807) is 17.6 Å². The van der Waals surface area contributed by atoms with Gasteiger partial charge in [0.05, 0.1) is 11.1 Å². The van der Waals surface area contributed by atoms with Gasteiger partial charge in [0.25, 0.3) is 11.8 Å². The number of benzene rings is 3. The number of rotatable bonds is 5. The summed E-state index contributed by atoms with van der Waals surface area (Å²) in [5.74, 6) is -0.716.